The number of phenolic OH excluding ortho intramolecular Hbond substituents is 2. The molecule has 0 saturated carbocycles. The standard InChI is InChI=1S/C51H67N3O8/c1-38(2)50(57)61-34-24-17-13-9-5-7-11-15-22-32-59-41-28-30-43(45(55)36-41)48-52-47(40-26-20-19-21-27-40)53-49(54-48)44-31-29-42(37-46(44)56)60-33-23-16-12-8-6-10-14-18-25-35-62-51(58)39(3)4/h19-21,26-31,36-37,55-56H,1,3,5-18,22-25,32-35H2,2,4H3. The van der Waals surface area contributed by atoms with E-state index in [0.29, 0.717) is 66.0 Å². The van der Waals surface area contributed by atoms with Gasteiger partial charge in [-0.1, -0.05) is 133 Å². The van der Waals surface area contributed by atoms with Gasteiger partial charge in [-0.05, 0) is 63.8 Å². The van der Waals surface area contributed by atoms with E-state index in [1.54, 1.807) is 50.2 Å². The second kappa shape index (κ2) is 28.0. The first-order valence-corrected chi connectivity index (χ1v) is 22.5. The van der Waals surface area contributed by atoms with E-state index < -0.39 is 0 Å². The second-order valence-corrected chi connectivity index (χ2v) is 15.9. The van der Waals surface area contributed by atoms with Gasteiger partial charge >= 0.3 is 11.9 Å². The van der Waals surface area contributed by atoms with Gasteiger partial charge in [-0.3, -0.25) is 0 Å². The average molecular weight is 850 g/mol. The Hall–Kier alpha value is -5.71. The van der Waals surface area contributed by atoms with E-state index in [4.69, 9.17) is 33.9 Å². The molecular formula is C51H67N3O8. The van der Waals surface area contributed by atoms with Gasteiger partial charge in [0.25, 0.3) is 0 Å². The van der Waals surface area contributed by atoms with Crippen molar-refractivity contribution in [2.75, 3.05) is 26.4 Å². The molecule has 0 amide bonds. The zero-order valence-electron chi connectivity index (χ0n) is 37.0. The summed E-state index contributed by atoms with van der Waals surface area (Å²) >= 11 is 0. The lowest BCUT2D eigenvalue weighted by molar-refractivity contribution is -0.139. The summed E-state index contributed by atoms with van der Waals surface area (Å²) in [5.74, 6) is 1.42. The molecule has 4 aromatic rings. The molecule has 0 saturated heterocycles. The molecule has 0 aliphatic rings. The lowest BCUT2D eigenvalue weighted by Crippen LogP contribution is -2.05. The van der Waals surface area contributed by atoms with Gasteiger partial charge in [0.15, 0.2) is 17.5 Å². The summed E-state index contributed by atoms with van der Waals surface area (Å²) < 4.78 is 22.2. The highest BCUT2D eigenvalue weighted by molar-refractivity contribution is 5.87. The molecule has 0 fully saturated rings. The number of esters is 2. The zero-order chi connectivity index (χ0) is 44.4. The number of carbonyl (C=O) groups excluding carboxylic acids is 2. The van der Waals surface area contributed by atoms with Gasteiger partial charge in [-0.25, -0.2) is 24.5 Å². The van der Waals surface area contributed by atoms with Gasteiger partial charge in [0, 0.05) is 28.8 Å². The van der Waals surface area contributed by atoms with Gasteiger partial charge in [-0.15, -0.1) is 0 Å². The maximum absolute atomic E-state index is 11.4. The molecule has 11 heteroatoms. The van der Waals surface area contributed by atoms with Gasteiger partial charge in [0.2, 0.25) is 0 Å². The summed E-state index contributed by atoms with van der Waals surface area (Å²) in [4.78, 5) is 37.0. The van der Waals surface area contributed by atoms with Gasteiger partial charge in [0.1, 0.15) is 23.0 Å². The Kier molecular flexibility index (Phi) is 22.1. The fourth-order valence-electron chi connectivity index (χ4n) is 6.75. The maximum Gasteiger partial charge on any atom is 0.333 e. The number of nitrogens with zero attached hydrogens (tertiary/aromatic N) is 3. The highest BCUT2D eigenvalue weighted by Gasteiger charge is 2.18. The number of aromatic hydroxyl groups is 2. The van der Waals surface area contributed by atoms with Crippen molar-refractivity contribution in [1.29, 1.82) is 0 Å². The largest absolute Gasteiger partial charge is 0.507 e. The second-order valence-electron chi connectivity index (χ2n) is 15.9. The smallest absolute Gasteiger partial charge is 0.333 e. The van der Waals surface area contributed by atoms with Crippen LogP contribution in [0.15, 0.2) is 91.0 Å². The highest BCUT2D eigenvalue weighted by atomic mass is 16.5. The molecule has 0 aliphatic carbocycles. The molecule has 62 heavy (non-hydrogen) atoms. The molecule has 0 unspecified atom stereocenters. The van der Waals surface area contributed by atoms with Crippen LogP contribution in [0.25, 0.3) is 34.2 Å². The third kappa shape index (κ3) is 18.1. The van der Waals surface area contributed by atoms with Crippen LogP contribution in [0.4, 0.5) is 0 Å². The van der Waals surface area contributed by atoms with Crippen LogP contribution in [0, 0.1) is 0 Å². The van der Waals surface area contributed by atoms with Crippen molar-refractivity contribution in [2.45, 2.75) is 129 Å². The fourth-order valence-corrected chi connectivity index (χ4v) is 6.75. The monoisotopic (exact) mass is 849 g/mol. The van der Waals surface area contributed by atoms with Crippen LogP contribution in [0.2, 0.25) is 0 Å². The fraction of sp³-hybridized carbons (Fsp3) is 0.471. The molecule has 2 N–H and O–H groups in total. The third-order valence-corrected chi connectivity index (χ3v) is 10.4. The molecule has 1 heterocycles. The Morgan fingerprint density at radius 2 is 0.806 bits per heavy atom. The van der Waals surface area contributed by atoms with E-state index in [1.807, 2.05) is 30.3 Å². The van der Waals surface area contributed by atoms with Crippen LogP contribution < -0.4 is 9.47 Å². The number of hydrogen-bond acceptors (Lipinski definition) is 11. The Morgan fingerprint density at radius 3 is 1.16 bits per heavy atom. The number of hydrogen-bond donors (Lipinski definition) is 2. The first-order valence-electron chi connectivity index (χ1n) is 22.5. The Labute approximate surface area is 368 Å². The number of ether oxygens (including phenoxy) is 4. The van der Waals surface area contributed by atoms with E-state index in [1.165, 1.54) is 38.5 Å². The SMILES string of the molecule is C=C(C)C(=O)OCCCCCCCCCCCOc1ccc(-c2nc(-c3ccccc3)nc(-c3ccc(OCCCCCCCCCCCOC(=O)C(=C)C)cc3O)n2)c(O)c1. The molecular weight excluding hydrogens is 783 g/mol. The molecule has 4 rings (SSSR count). The van der Waals surface area contributed by atoms with Crippen LogP contribution in [0.5, 0.6) is 23.0 Å². The summed E-state index contributed by atoms with van der Waals surface area (Å²) in [6.07, 6.45) is 19.5. The van der Waals surface area contributed by atoms with Gasteiger partial charge in [-0.2, -0.15) is 0 Å². The first-order chi connectivity index (χ1) is 30.1. The van der Waals surface area contributed by atoms with Crippen LogP contribution >= 0.6 is 0 Å². The van der Waals surface area contributed by atoms with Crippen LogP contribution in [0.3, 0.4) is 0 Å². The van der Waals surface area contributed by atoms with Crippen molar-refractivity contribution < 1.29 is 38.7 Å². The summed E-state index contributed by atoms with van der Waals surface area (Å²) in [5, 5.41) is 22.3. The molecule has 0 atom stereocenters. The zero-order valence-corrected chi connectivity index (χ0v) is 37.0. The molecule has 0 radical (unpaired) electrons. The number of unbranched alkanes of at least 4 members (excludes halogenated alkanes) is 16. The Bertz CT molecular complexity index is 1880. The molecule has 11 nitrogen and oxygen atoms in total. The molecule has 0 spiro atoms. The van der Waals surface area contributed by atoms with Crippen LogP contribution in [-0.4, -0.2) is 63.5 Å². The molecule has 1 aromatic heterocycles. The number of rotatable bonds is 31. The lowest BCUT2D eigenvalue weighted by atomic mass is 10.1. The van der Waals surface area contributed by atoms with Crippen LogP contribution in [-0.2, 0) is 19.1 Å². The quantitative estimate of drug-likeness (QED) is 0.0283. The van der Waals surface area contributed by atoms with Gasteiger partial charge < -0.3 is 29.2 Å². The van der Waals surface area contributed by atoms with Crippen molar-refractivity contribution in [3.8, 4) is 57.2 Å². The van der Waals surface area contributed by atoms with Crippen molar-refractivity contribution in [3.05, 3.63) is 91.0 Å². The number of benzene rings is 3. The summed E-state index contributed by atoms with van der Waals surface area (Å²) in [5.41, 5.74) is 2.49. The predicted octanol–water partition coefficient (Wildman–Crippen LogP) is 12.3. The summed E-state index contributed by atoms with van der Waals surface area (Å²) in [6, 6.07) is 19.8. The van der Waals surface area contributed by atoms with E-state index in [-0.39, 0.29) is 35.1 Å². The summed E-state index contributed by atoms with van der Waals surface area (Å²) in [7, 11) is 0. The van der Waals surface area contributed by atoms with E-state index in [9.17, 15) is 19.8 Å². The Balaban J connectivity index is 1.21. The number of aromatic nitrogens is 3. The number of carbonyl (C=O) groups is 2. The van der Waals surface area contributed by atoms with Crippen molar-refractivity contribution in [2.24, 2.45) is 0 Å². The lowest BCUT2D eigenvalue weighted by Gasteiger charge is -2.12. The minimum absolute atomic E-state index is 0.0173. The van der Waals surface area contributed by atoms with Gasteiger partial charge in [0.05, 0.1) is 37.6 Å². The van der Waals surface area contributed by atoms with E-state index in [0.717, 1.165) is 82.6 Å². The number of phenols is 2. The highest BCUT2D eigenvalue weighted by Crippen LogP contribution is 2.36. The topological polar surface area (TPSA) is 150 Å². The molecule has 334 valence electrons. The predicted molar refractivity (Wildman–Crippen MR) is 245 cm³/mol. The molecule has 3 aromatic carbocycles. The molecule has 0 bridgehead atoms. The van der Waals surface area contributed by atoms with Crippen molar-refractivity contribution in [1.82, 2.24) is 15.0 Å². The van der Waals surface area contributed by atoms with E-state index in [2.05, 4.69) is 13.2 Å². The maximum atomic E-state index is 11.4. The molecule has 0 aliphatic heterocycles. The normalized spacial score (nSPS) is 10.9. The van der Waals surface area contributed by atoms with Crippen LogP contribution in [0.1, 0.15) is 129 Å². The first kappa shape index (κ1) is 49.0. The average Bonchev–Trinajstić information content (AvgIpc) is 3.26. The third-order valence-electron chi connectivity index (χ3n) is 10.4. The van der Waals surface area contributed by atoms with Crippen molar-refractivity contribution >= 4 is 11.9 Å². The minimum Gasteiger partial charge on any atom is -0.507 e. The van der Waals surface area contributed by atoms with Crippen molar-refractivity contribution in [3.63, 3.8) is 0 Å². The minimum atomic E-state index is -0.311. The summed E-state index contributed by atoms with van der Waals surface area (Å²) in [6.45, 7) is 12.5. The van der Waals surface area contributed by atoms with E-state index >= 15 is 0 Å². The Morgan fingerprint density at radius 1 is 0.468 bits per heavy atom.